The van der Waals surface area contributed by atoms with Crippen LogP contribution in [0.25, 0.3) is 21.0 Å². The summed E-state index contributed by atoms with van der Waals surface area (Å²) in [6.45, 7) is -0.161. The number of nitrogens with one attached hydrogen (secondary N) is 2. The third-order valence-electron chi connectivity index (χ3n) is 6.44. The van der Waals surface area contributed by atoms with Gasteiger partial charge in [-0.2, -0.15) is 9.98 Å². The molecule has 1 atom stereocenters. The predicted octanol–water partition coefficient (Wildman–Crippen LogP) is 4.96. The lowest BCUT2D eigenvalue weighted by molar-refractivity contribution is -0.117. The van der Waals surface area contributed by atoms with Gasteiger partial charge in [0.05, 0.1) is 12.1 Å². The zero-order valence-corrected chi connectivity index (χ0v) is 26.1. The van der Waals surface area contributed by atoms with Gasteiger partial charge in [0.2, 0.25) is 5.91 Å². The summed E-state index contributed by atoms with van der Waals surface area (Å²) in [4.78, 5) is 18.8. The molecule has 1 amide bonds. The summed E-state index contributed by atoms with van der Waals surface area (Å²) < 4.78 is 64.1. The number of fused-ring (bicyclic) bond motifs is 2. The number of anilines is 1. The molecule has 0 saturated carbocycles. The van der Waals surface area contributed by atoms with E-state index in [1.54, 1.807) is 55.7 Å². The number of benzene rings is 3. The number of carbonyl (C=O) groups is 1. The Morgan fingerprint density at radius 2 is 2.00 bits per heavy atom. The van der Waals surface area contributed by atoms with Gasteiger partial charge in [-0.3, -0.25) is 19.2 Å². The molecule has 5 aromatic rings. The number of likely N-dealkylation sites (N-methyl/N-ethyl adjacent to an activating group) is 1. The Morgan fingerprint density at radius 1 is 1.18 bits per heavy atom. The molecule has 16 heteroatoms. The first-order valence-corrected chi connectivity index (χ1v) is 16.7. The van der Waals surface area contributed by atoms with E-state index in [2.05, 4.69) is 15.0 Å². The van der Waals surface area contributed by atoms with E-state index in [0.717, 1.165) is 34.4 Å². The molecule has 2 heterocycles. The van der Waals surface area contributed by atoms with Gasteiger partial charge in [-0.1, -0.05) is 12.1 Å². The van der Waals surface area contributed by atoms with Gasteiger partial charge in [0.25, 0.3) is 10.0 Å². The van der Waals surface area contributed by atoms with E-state index >= 15 is 0 Å². The highest BCUT2D eigenvalue weighted by molar-refractivity contribution is 7.91. The molecule has 0 aliphatic heterocycles. The fourth-order valence-electron chi connectivity index (χ4n) is 4.39. The van der Waals surface area contributed by atoms with Gasteiger partial charge >= 0.3 is 8.25 Å². The van der Waals surface area contributed by atoms with Gasteiger partial charge < -0.3 is 14.9 Å². The van der Waals surface area contributed by atoms with Gasteiger partial charge in [-0.05, 0) is 66.5 Å². The summed E-state index contributed by atoms with van der Waals surface area (Å²) in [6.07, 6.45) is 1.60. The van der Waals surface area contributed by atoms with Crippen LogP contribution < -0.4 is 14.6 Å². The third-order valence-corrected chi connectivity index (χ3v) is 10.2. The number of aromatic nitrogens is 1. The Bertz CT molecular complexity index is 2090. The van der Waals surface area contributed by atoms with E-state index in [0.29, 0.717) is 27.8 Å². The molecule has 0 bridgehead atoms. The van der Waals surface area contributed by atoms with Crippen molar-refractivity contribution in [1.82, 2.24) is 14.6 Å². The zero-order chi connectivity index (χ0) is 32.1. The smallest absolute Gasteiger partial charge is 0.369 e. The first-order valence-electron chi connectivity index (χ1n) is 13.1. The zero-order valence-electron chi connectivity index (χ0n) is 23.5. The first-order chi connectivity index (χ1) is 21.5. The highest BCUT2D eigenvalue weighted by Crippen LogP contribution is 2.32. The summed E-state index contributed by atoms with van der Waals surface area (Å²) in [5, 5.41) is 23.0. The first kappa shape index (κ1) is 32.0. The van der Waals surface area contributed by atoms with Crippen LogP contribution in [0.1, 0.15) is 11.1 Å². The van der Waals surface area contributed by atoms with Crippen LogP contribution in [-0.2, 0) is 30.5 Å². The van der Waals surface area contributed by atoms with Crippen molar-refractivity contribution in [3.63, 3.8) is 0 Å². The number of rotatable bonds is 12. The molecule has 3 aromatic carbocycles. The van der Waals surface area contributed by atoms with Gasteiger partial charge in [-0.15, -0.1) is 11.3 Å². The lowest BCUT2D eigenvalue weighted by atomic mass is 10.1. The molecule has 0 aliphatic rings. The van der Waals surface area contributed by atoms with Crippen LogP contribution in [0.3, 0.4) is 0 Å². The fourth-order valence-corrected chi connectivity index (χ4v) is 7.36. The number of thiophene rings is 1. The number of hydrogen-bond acceptors (Lipinski definition) is 11. The number of phenols is 1. The molecular formula is C29H25FN5O7PS2. The number of carbonyl (C=O) groups excluding carboxylic acids is 1. The second-order valence-corrected chi connectivity index (χ2v) is 13.8. The summed E-state index contributed by atoms with van der Waals surface area (Å²) in [7, 11) is -5.50. The van der Waals surface area contributed by atoms with Crippen molar-refractivity contribution in [2.24, 2.45) is 0 Å². The molecule has 0 saturated heterocycles. The SMILES string of the molecule is CN(CC(=O)Nc1ccc2sc(S(=O)(=O)NCO[PH](=O)Oc3ccc(C#N)c(F)c3)cc2c1)Cc1ccc(O)c2ncccc12. The largest absolute Gasteiger partial charge is 0.506 e. The summed E-state index contributed by atoms with van der Waals surface area (Å²) in [5.74, 6) is -1.19. The van der Waals surface area contributed by atoms with Gasteiger partial charge in [0.15, 0.2) is 0 Å². The van der Waals surface area contributed by atoms with Crippen LogP contribution in [0.4, 0.5) is 10.1 Å². The van der Waals surface area contributed by atoms with Crippen molar-refractivity contribution in [1.29, 1.82) is 5.26 Å². The monoisotopic (exact) mass is 669 g/mol. The molecule has 232 valence electrons. The van der Waals surface area contributed by atoms with Crippen LogP contribution in [0, 0.1) is 17.1 Å². The van der Waals surface area contributed by atoms with E-state index in [1.165, 1.54) is 12.1 Å². The van der Waals surface area contributed by atoms with Crippen molar-refractivity contribution < 1.29 is 36.3 Å². The van der Waals surface area contributed by atoms with Crippen LogP contribution in [0.5, 0.6) is 11.5 Å². The molecule has 0 spiro atoms. The van der Waals surface area contributed by atoms with Crippen LogP contribution >= 0.6 is 19.6 Å². The van der Waals surface area contributed by atoms with Gasteiger partial charge in [0, 0.05) is 34.6 Å². The Morgan fingerprint density at radius 3 is 2.78 bits per heavy atom. The molecular weight excluding hydrogens is 644 g/mol. The van der Waals surface area contributed by atoms with E-state index in [-0.39, 0.29) is 33.7 Å². The van der Waals surface area contributed by atoms with Crippen molar-refractivity contribution in [2.45, 2.75) is 10.8 Å². The number of sulfonamides is 1. The maximum Gasteiger partial charge on any atom is 0.369 e. The average Bonchev–Trinajstić information content (AvgIpc) is 3.43. The average molecular weight is 670 g/mol. The van der Waals surface area contributed by atoms with E-state index in [1.807, 2.05) is 11.0 Å². The van der Waals surface area contributed by atoms with E-state index < -0.39 is 30.8 Å². The highest BCUT2D eigenvalue weighted by atomic mass is 32.2. The van der Waals surface area contributed by atoms with Gasteiger partial charge in [0.1, 0.15) is 39.8 Å². The summed E-state index contributed by atoms with van der Waals surface area (Å²) in [6, 6.07) is 18.4. The molecule has 3 N–H and O–H groups in total. The normalized spacial score (nSPS) is 12.3. The third kappa shape index (κ3) is 7.81. The van der Waals surface area contributed by atoms with Crippen molar-refractivity contribution >= 4 is 62.2 Å². The number of pyridine rings is 1. The number of amides is 1. The van der Waals surface area contributed by atoms with E-state index in [4.69, 9.17) is 14.3 Å². The van der Waals surface area contributed by atoms with Crippen molar-refractivity contribution in [3.8, 4) is 17.6 Å². The molecule has 1 unspecified atom stereocenters. The lowest BCUT2D eigenvalue weighted by Gasteiger charge is -2.18. The summed E-state index contributed by atoms with van der Waals surface area (Å²) in [5.41, 5.74) is 1.66. The Kier molecular flexibility index (Phi) is 9.74. The topological polar surface area (TPSA) is 171 Å². The minimum atomic E-state index is -4.05. The molecule has 0 fully saturated rings. The molecule has 2 aromatic heterocycles. The number of nitriles is 1. The molecule has 0 aliphatic carbocycles. The minimum absolute atomic E-state index is 0.0327. The van der Waals surface area contributed by atoms with Crippen LogP contribution in [0.15, 0.2) is 77.1 Å². The second kappa shape index (κ2) is 13.7. The minimum Gasteiger partial charge on any atom is -0.506 e. The quantitative estimate of drug-likeness (QED) is 0.122. The summed E-state index contributed by atoms with van der Waals surface area (Å²) >= 11 is 0.993. The van der Waals surface area contributed by atoms with Gasteiger partial charge in [-0.25, -0.2) is 17.4 Å². The predicted molar refractivity (Wildman–Crippen MR) is 167 cm³/mol. The number of aromatic hydroxyl groups is 1. The Balaban J connectivity index is 1.15. The molecule has 45 heavy (non-hydrogen) atoms. The number of phenolic OH excluding ortho intramolecular Hbond substituents is 1. The number of hydrogen-bond donors (Lipinski definition) is 3. The lowest BCUT2D eigenvalue weighted by Crippen LogP contribution is -2.29. The highest BCUT2D eigenvalue weighted by Gasteiger charge is 2.19. The number of halogens is 1. The standard InChI is InChI=1S/C29H25FN5O7PS2/c1-35(15-19-5-8-25(36)29-23(19)3-2-10-32-29)16-27(37)34-21-6-9-26-20(11-21)12-28(44-26)45(39,40)33-17-41-43(38)42-22-7-4-18(14-31)24(30)13-22/h2-13,33,36,43H,15-17H2,1H3,(H,34,37). The number of nitrogens with zero attached hydrogens (tertiary/aromatic N) is 3. The second-order valence-electron chi connectivity index (χ2n) is 9.72. The van der Waals surface area contributed by atoms with Crippen LogP contribution in [-0.4, -0.2) is 49.6 Å². The molecule has 12 nitrogen and oxygen atoms in total. The maximum atomic E-state index is 13.7. The Hall–Kier alpha value is -4.42. The maximum absolute atomic E-state index is 13.7. The molecule has 0 radical (unpaired) electrons. The fraction of sp³-hybridized carbons (Fsp3) is 0.138. The van der Waals surface area contributed by atoms with E-state index in [9.17, 15) is 27.3 Å². The van der Waals surface area contributed by atoms with Crippen molar-refractivity contribution in [2.75, 3.05) is 25.6 Å². The Labute approximate surface area is 261 Å². The van der Waals surface area contributed by atoms with Crippen molar-refractivity contribution in [3.05, 3.63) is 89.9 Å². The molecule has 5 rings (SSSR count). The van der Waals surface area contributed by atoms with Crippen LogP contribution in [0.2, 0.25) is 0 Å².